The molecule has 1 aliphatic carbocycles. The topological polar surface area (TPSA) is 89.5 Å². The SMILES string of the molecule is O=C(c1cnc(C2CC2)[nH]c1=O)N1C[C@H](O)[C@@H](N2CCCCC2)C1. The molecule has 4 rings (SSSR count). The van der Waals surface area contributed by atoms with Crippen molar-refractivity contribution in [2.24, 2.45) is 0 Å². The molecule has 1 aromatic rings. The third kappa shape index (κ3) is 2.98. The first kappa shape index (κ1) is 15.8. The third-order valence-corrected chi connectivity index (χ3v) is 5.42. The second-order valence-corrected chi connectivity index (χ2v) is 7.23. The van der Waals surface area contributed by atoms with E-state index in [1.165, 1.54) is 12.6 Å². The second-order valence-electron chi connectivity index (χ2n) is 7.23. The molecular weight excluding hydrogens is 308 g/mol. The first-order valence-corrected chi connectivity index (χ1v) is 8.94. The van der Waals surface area contributed by atoms with Gasteiger partial charge in [0.05, 0.1) is 12.1 Å². The highest BCUT2D eigenvalue weighted by molar-refractivity contribution is 5.93. The van der Waals surface area contributed by atoms with Crippen molar-refractivity contribution in [2.45, 2.75) is 50.2 Å². The van der Waals surface area contributed by atoms with E-state index in [4.69, 9.17) is 0 Å². The molecule has 0 unspecified atom stereocenters. The van der Waals surface area contributed by atoms with Gasteiger partial charge in [0.15, 0.2) is 0 Å². The molecule has 3 fully saturated rings. The van der Waals surface area contributed by atoms with E-state index < -0.39 is 6.10 Å². The highest BCUT2D eigenvalue weighted by Gasteiger charge is 2.39. The number of amides is 1. The van der Waals surface area contributed by atoms with E-state index in [1.54, 1.807) is 4.90 Å². The molecule has 2 N–H and O–H groups in total. The Kier molecular flexibility index (Phi) is 4.14. The molecule has 3 heterocycles. The summed E-state index contributed by atoms with van der Waals surface area (Å²) in [5.41, 5.74) is -0.293. The summed E-state index contributed by atoms with van der Waals surface area (Å²) in [6.45, 7) is 2.71. The Morgan fingerprint density at radius 2 is 1.96 bits per heavy atom. The van der Waals surface area contributed by atoms with Crippen LogP contribution in [-0.2, 0) is 0 Å². The summed E-state index contributed by atoms with van der Waals surface area (Å²) in [6.07, 6.45) is 6.46. The van der Waals surface area contributed by atoms with Crippen molar-refractivity contribution in [3.8, 4) is 0 Å². The highest BCUT2D eigenvalue weighted by atomic mass is 16.3. The van der Waals surface area contributed by atoms with Crippen molar-refractivity contribution < 1.29 is 9.90 Å². The van der Waals surface area contributed by atoms with Crippen molar-refractivity contribution in [1.82, 2.24) is 19.8 Å². The molecule has 0 bridgehead atoms. The monoisotopic (exact) mass is 332 g/mol. The number of aliphatic hydroxyl groups is 1. The van der Waals surface area contributed by atoms with Crippen LogP contribution in [0.25, 0.3) is 0 Å². The van der Waals surface area contributed by atoms with E-state index in [1.807, 2.05) is 0 Å². The lowest BCUT2D eigenvalue weighted by Crippen LogP contribution is -2.46. The molecule has 1 aromatic heterocycles. The van der Waals surface area contributed by atoms with Gasteiger partial charge in [-0.2, -0.15) is 0 Å². The number of carbonyl (C=O) groups is 1. The number of aromatic nitrogens is 2. The summed E-state index contributed by atoms with van der Waals surface area (Å²) in [4.78, 5) is 35.7. The van der Waals surface area contributed by atoms with Crippen LogP contribution in [0.15, 0.2) is 11.0 Å². The Balaban J connectivity index is 1.47. The van der Waals surface area contributed by atoms with Crippen LogP contribution in [0, 0.1) is 0 Å². The minimum absolute atomic E-state index is 0.0213. The van der Waals surface area contributed by atoms with E-state index >= 15 is 0 Å². The maximum absolute atomic E-state index is 12.7. The van der Waals surface area contributed by atoms with Crippen LogP contribution in [-0.4, -0.2) is 69.1 Å². The lowest BCUT2D eigenvalue weighted by molar-refractivity contribution is 0.0702. The van der Waals surface area contributed by atoms with Gasteiger partial charge >= 0.3 is 0 Å². The number of nitrogens with one attached hydrogen (secondary N) is 1. The largest absolute Gasteiger partial charge is 0.390 e. The summed E-state index contributed by atoms with van der Waals surface area (Å²) >= 11 is 0. The minimum atomic E-state index is -0.551. The Bertz CT molecular complexity index is 679. The van der Waals surface area contributed by atoms with Gasteiger partial charge in [-0.1, -0.05) is 6.42 Å². The fourth-order valence-corrected chi connectivity index (χ4v) is 3.84. The van der Waals surface area contributed by atoms with Gasteiger partial charge in [0.1, 0.15) is 11.4 Å². The van der Waals surface area contributed by atoms with Crippen molar-refractivity contribution >= 4 is 5.91 Å². The molecule has 7 heteroatoms. The smallest absolute Gasteiger partial charge is 0.263 e. The van der Waals surface area contributed by atoms with Crippen molar-refractivity contribution in [3.63, 3.8) is 0 Å². The molecule has 24 heavy (non-hydrogen) atoms. The molecule has 0 aromatic carbocycles. The fourth-order valence-electron chi connectivity index (χ4n) is 3.84. The van der Waals surface area contributed by atoms with Crippen LogP contribution in [0.3, 0.4) is 0 Å². The molecule has 0 radical (unpaired) electrons. The van der Waals surface area contributed by atoms with Gasteiger partial charge < -0.3 is 15.0 Å². The maximum Gasteiger partial charge on any atom is 0.263 e. The first-order valence-electron chi connectivity index (χ1n) is 8.94. The van der Waals surface area contributed by atoms with E-state index in [0.717, 1.165) is 38.8 Å². The van der Waals surface area contributed by atoms with Crippen LogP contribution in [0.5, 0.6) is 0 Å². The molecule has 1 amide bonds. The number of H-pyrrole nitrogens is 1. The van der Waals surface area contributed by atoms with Crippen LogP contribution in [0.4, 0.5) is 0 Å². The fraction of sp³-hybridized carbons (Fsp3) is 0.706. The van der Waals surface area contributed by atoms with E-state index in [9.17, 15) is 14.7 Å². The number of nitrogens with zero attached hydrogens (tertiary/aromatic N) is 3. The van der Waals surface area contributed by atoms with Gasteiger partial charge in [-0.3, -0.25) is 14.5 Å². The molecular formula is C17H24N4O3. The Hall–Kier alpha value is -1.73. The Morgan fingerprint density at radius 3 is 2.62 bits per heavy atom. The van der Waals surface area contributed by atoms with Crippen molar-refractivity contribution in [2.75, 3.05) is 26.2 Å². The van der Waals surface area contributed by atoms with Crippen LogP contribution in [0.2, 0.25) is 0 Å². The Morgan fingerprint density at radius 1 is 1.21 bits per heavy atom. The van der Waals surface area contributed by atoms with Crippen LogP contribution in [0.1, 0.15) is 54.2 Å². The zero-order valence-electron chi connectivity index (χ0n) is 13.8. The van der Waals surface area contributed by atoms with Crippen LogP contribution < -0.4 is 5.56 Å². The number of hydrogen-bond donors (Lipinski definition) is 2. The highest BCUT2D eigenvalue weighted by Crippen LogP contribution is 2.37. The molecule has 130 valence electrons. The number of rotatable bonds is 3. The lowest BCUT2D eigenvalue weighted by atomic mass is 10.1. The Labute approximate surface area is 140 Å². The molecule has 7 nitrogen and oxygen atoms in total. The molecule has 3 aliphatic rings. The van der Waals surface area contributed by atoms with E-state index in [-0.39, 0.29) is 29.6 Å². The zero-order valence-corrected chi connectivity index (χ0v) is 13.8. The van der Waals surface area contributed by atoms with E-state index in [2.05, 4.69) is 14.9 Å². The van der Waals surface area contributed by atoms with Gasteiger partial charge in [-0.05, 0) is 38.8 Å². The summed E-state index contributed by atoms with van der Waals surface area (Å²) < 4.78 is 0. The lowest BCUT2D eigenvalue weighted by Gasteiger charge is -2.33. The second kappa shape index (κ2) is 6.29. The van der Waals surface area contributed by atoms with Crippen LogP contribution >= 0.6 is 0 Å². The summed E-state index contributed by atoms with van der Waals surface area (Å²) in [7, 11) is 0. The van der Waals surface area contributed by atoms with Gasteiger partial charge in [-0.15, -0.1) is 0 Å². The van der Waals surface area contributed by atoms with Crippen molar-refractivity contribution in [3.05, 3.63) is 27.9 Å². The number of piperidine rings is 1. The number of carbonyl (C=O) groups excluding carboxylic acids is 1. The first-order chi connectivity index (χ1) is 11.6. The normalized spacial score (nSPS) is 28.3. The average Bonchev–Trinajstić information content (AvgIpc) is 3.37. The predicted molar refractivity (Wildman–Crippen MR) is 88.0 cm³/mol. The number of aromatic amines is 1. The standard InChI is InChI=1S/C17H24N4O3/c22-14-10-21(9-13(14)20-6-2-1-3-7-20)17(24)12-8-18-15(11-4-5-11)19-16(12)23/h8,11,13-14,22H,1-7,9-10H2,(H,18,19,23)/t13-,14-/m0/s1. The maximum atomic E-state index is 12.7. The van der Waals surface area contributed by atoms with E-state index in [0.29, 0.717) is 18.3 Å². The number of β-amino-alcohol motifs (C(OH)–C–C–N with tert-alkyl or cyclic N) is 1. The average molecular weight is 332 g/mol. The molecule has 0 spiro atoms. The molecule has 2 atom stereocenters. The summed E-state index contributed by atoms with van der Waals surface area (Å²) in [5.74, 6) is 0.702. The molecule has 2 saturated heterocycles. The third-order valence-electron chi connectivity index (χ3n) is 5.42. The summed E-state index contributed by atoms with van der Waals surface area (Å²) in [6, 6.07) is -0.0213. The number of aliphatic hydroxyl groups excluding tert-OH is 1. The minimum Gasteiger partial charge on any atom is -0.390 e. The quantitative estimate of drug-likeness (QED) is 0.832. The summed E-state index contributed by atoms with van der Waals surface area (Å²) in [5, 5.41) is 10.4. The predicted octanol–water partition coefficient (Wildman–Crippen LogP) is 0.318. The van der Waals surface area contributed by atoms with Gasteiger partial charge in [0.25, 0.3) is 11.5 Å². The van der Waals surface area contributed by atoms with Crippen molar-refractivity contribution in [1.29, 1.82) is 0 Å². The zero-order chi connectivity index (χ0) is 16.7. The molecule has 2 aliphatic heterocycles. The number of likely N-dealkylation sites (tertiary alicyclic amines) is 2. The number of hydrogen-bond acceptors (Lipinski definition) is 5. The van der Waals surface area contributed by atoms with Gasteiger partial charge in [0, 0.05) is 25.2 Å². The molecule has 1 saturated carbocycles. The van der Waals surface area contributed by atoms with Gasteiger partial charge in [0.2, 0.25) is 0 Å². The van der Waals surface area contributed by atoms with Gasteiger partial charge in [-0.25, -0.2) is 4.98 Å².